The monoisotopic (exact) mass is 472 g/mol. The fourth-order valence-electron chi connectivity index (χ4n) is 4.24. The van der Waals surface area contributed by atoms with Crippen LogP contribution in [0.3, 0.4) is 0 Å². The van der Waals surface area contributed by atoms with Gasteiger partial charge in [0.1, 0.15) is 11.9 Å². The molecule has 0 bridgehead atoms. The van der Waals surface area contributed by atoms with Crippen molar-refractivity contribution in [2.75, 3.05) is 26.7 Å². The van der Waals surface area contributed by atoms with Gasteiger partial charge in [-0.1, -0.05) is 62.4 Å². The summed E-state index contributed by atoms with van der Waals surface area (Å²) >= 11 is 0. The van der Waals surface area contributed by atoms with E-state index in [0.717, 1.165) is 36.5 Å². The molecule has 3 aromatic carbocycles. The topological polar surface area (TPSA) is 53.0 Å². The first-order chi connectivity index (χ1) is 16.8. The first-order valence-electron chi connectivity index (χ1n) is 12.4. The normalized spacial score (nSPS) is 15.0. The highest BCUT2D eigenvalue weighted by atomic mass is 16.5. The molecule has 0 radical (unpaired) electrons. The van der Waals surface area contributed by atoms with Gasteiger partial charge in [-0.15, -0.1) is 0 Å². The Morgan fingerprint density at radius 3 is 2.06 bits per heavy atom. The fraction of sp³-hybridized carbons (Fsp3) is 0.367. The molecule has 1 aliphatic heterocycles. The van der Waals surface area contributed by atoms with Crippen molar-refractivity contribution in [2.24, 2.45) is 0 Å². The van der Waals surface area contributed by atoms with Gasteiger partial charge in [-0.2, -0.15) is 0 Å². The fourth-order valence-corrected chi connectivity index (χ4v) is 4.24. The number of carbonyl (C=O) groups is 1. The Morgan fingerprint density at radius 2 is 1.51 bits per heavy atom. The maximum Gasteiger partial charge on any atom is 0.253 e. The molecular formula is C30H36N2O3. The Hall–Kier alpha value is -3.15. The molecule has 0 aromatic heterocycles. The van der Waals surface area contributed by atoms with Crippen molar-refractivity contribution >= 4 is 5.91 Å². The standard InChI is InChI=1S/C30H36N2O3/c1-21(2)24-7-5-23(6-8-24)17-32-18-29(19-32)35-28-15-13-26(14-16-28)25-9-11-27(12-10-25)30(34)31(4)22(3)20-33/h5-16,21-22,29,33H,17-20H2,1-4H3. The van der Waals surface area contributed by atoms with Crippen LogP contribution in [0.15, 0.2) is 72.8 Å². The van der Waals surface area contributed by atoms with Gasteiger partial charge in [0.05, 0.1) is 12.6 Å². The van der Waals surface area contributed by atoms with Gasteiger partial charge in [-0.3, -0.25) is 9.69 Å². The molecule has 1 atom stereocenters. The number of rotatable bonds is 9. The van der Waals surface area contributed by atoms with Crippen LogP contribution in [0.1, 0.15) is 48.2 Å². The highest BCUT2D eigenvalue weighted by Gasteiger charge is 2.28. The van der Waals surface area contributed by atoms with Crippen LogP contribution in [0.2, 0.25) is 0 Å². The Kier molecular flexibility index (Phi) is 7.89. The lowest BCUT2D eigenvalue weighted by atomic mass is 10.0. The zero-order valence-electron chi connectivity index (χ0n) is 21.1. The zero-order chi connectivity index (χ0) is 24.9. The molecular weight excluding hydrogens is 436 g/mol. The highest BCUT2D eigenvalue weighted by molar-refractivity contribution is 5.94. The SMILES string of the molecule is CC(C)c1ccc(CN2CC(Oc3ccc(-c4ccc(C(=O)N(C)C(C)CO)cc4)cc3)C2)cc1. The number of ether oxygens (including phenoxy) is 1. The molecule has 0 aliphatic carbocycles. The van der Waals surface area contributed by atoms with Crippen LogP contribution in [0.5, 0.6) is 5.75 Å². The molecule has 35 heavy (non-hydrogen) atoms. The van der Waals surface area contributed by atoms with Gasteiger partial charge in [0.25, 0.3) is 5.91 Å². The number of nitrogens with zero attached hydrogens (tertiary/aromatic N) is 2. The third kappa shape index (κ3) is 6.11. The molecule has 4 rings (SSSR count). The third-order valence-corrected chi connectivity index (χ3v) is 6.84. The Morgan fingerprint density at radius 1 is 0.943 bits per heavy atom. The second kappa shape index (κ2) is 11.1. The van der Waals surface area contributed by atoms with Gasteiger partial charge in [0, 0.05) is 32.2 Å². The number of hydrogen-bond donors (Lipinski definition) is 1. The summed E-state index contributed by atoms with van der Waals surface area (Å²) in [5.74, 6) is 1.35. The van der Waals surface area contributed by atoms with E-state index >= 15 is 0 Å². The average molecular weight is 473 g/mol. The van der Waals surface area contributed by atoms with Crippen molar-refractivity contribution in [2.45, 2.75) is 45.4 Å². The number of carbonyl (C=O) groups excluding carboxylic acids is 1. The molecule has 1 saturated heterocycles. The Balaban J connectivity index is 1.27. The van der Waals surface area contributed by atoms with Crippen LogP contribution < -0.4 is 4.74 Å². The molecule has 0 spiro atoms. The predicted octanol–water partition coefficient (Wildman–Crippen LogP) is 5.19. The first-order valence-corrected chi connectivity index (χ1v) is 12.4. The molecule has 184 valence electrons. The molecule has 5 nitrogen and oxygen atoms in total. The van der Waals surface area contributed by atoms with Gasteiger partial charge < -0.3 is 14.7 Å². The van der Waals surface area contributed by atoms with Crippen LogP contribution in [-0.2, 0) is 6.54 Å². The number of amides is 1. The van der Waals surface area contributed by atoms with Crippen LogP contribution in [0.4, 0.5) is 0 Å². The van der Waals surface area contributed by atoms with Crippen molar-refractivity contribution in [1.82, 2.24) is 9.80 Å². The molecule has 1 aliphatic rings. The summed E-state index contributed by atoms with van der Waals surface area (Å²) in [6.45, 7) is 9.04. The number of aliphatic hydroxyl groups excluding tert-OH is 1. The summed E-state index contributed by atoms with van der Waals surface area (Å²) in [6, 6.07) is 24.4. The van der Waals surface area contributed by atoms with Crippen LogP contribution in [-0.4, -0.2) is 59.7 Å². The van der Waals surface area contributed by atoms with E-state index in [1.807, 2.05) is 43.3 Å². The minimum atomic E-state index is -0.214. The van der Waals surface area contributed by atoms with E-state index in [4.69, 9.17) is 4.74 Å². The van der Waals surface area contributed by atoms with Crippen molar-refractivity contribution in [3.8, 4) is 16.9 Å². The van der Waals surface area contributed by atoms with Crippen LogP contribution >= 0.6 is 0 Å². The first kappa shape index (κ1) is 25.0. The summed E-state index contributed by atoms with van der Waals surface area (Å²) in [5, 5.41) is 9.28. The highest BCUT2D eigenvalue weighted by Crippen LogP contribution is 2.26. The quantitative estimate of drug-likeness (QED) is 0.466. The van der Waals surface area contributed by atoms with E-state index in [1.165, 1.54) is 11.1 Å². The van der Waals surface area contributed by atoms with Gasteiger partial charge >= 0.3 is 0 Å². The van der Waals surface area contributed by atoms with Gasteiger partial charge in [-0.25, -0.2) is 0 Å². The number of likely N-dealkylation sites (N-methyl/N-ethyl adjacent to an activating group) is 1. The molecule has 0 saturated carbocycles. The maximum atomic E-state index is 12.5. The molecule has 3 aromatic rings. The summed E-state index contributed by atoms with van der Waals surface area (Å²) in [4.78, 5) is 16.5. The van der Waals surface area contributed by atoms with E-state index in [1.54, 1.807) is 11.9 Å². The molecule has 1 heterocycles. The van der Waals surface area contributed by atoms with Crippen LogP contribution in [0.25, 0.3) is 11.1 Å². The summed E-state index contributed by atoms with van der Waals surface area (Å²) < 4.78 is 6.16. The summed E-state index contributed by atoms with van der Waals surface area (Å²) in [6.07, 6.45) is 0.222. The van der Waals surface area contributed by atoms with E-state index < -0.39 is 0 Å². The number of benzene rings is 3. The van der Waals surface area contributed by atoms with E-state index in [0.29, 0.717) is 11.5 Å². The van der Waals surface area contributed by atoms with Gasteiger partial charge in [0.15, 0.2) is 0 Å². The van der Waals surface area contributed by atoms with Crippen molar-refractivity contribution in [1.29, 1.82) is 0 Å². The van der Waals surface area contributed by atoms with Crippen LogP contribution in [0, 0.1) is 0 Å². The molecule has 5 heteroatoms. The van der Waals surface area contributed by atoms with Gasteiger partial charge in [0.2, 0.25) is 0 Å². The average Bonchev–Trinajstić information content (AvgIpc) is 2.87. The van der Waals surface area contributed by atoms with Crippen molar-refractivity contribution in [3.05, 3.63) is 89.5 Å². The largest absolute Gasteiger partial charge is 0.488 e. The number of hydrogen-bond acceptors (Lipinski definition) is 4. The minimum Gasteiger partial charge on any atom is -0.488 e. The molecule has 1 N–H and O–H groups in total. The van der Waals surface area contributed by atoms with E-state index in [9.17, 15) is 9.90 Å². The number of likely N-dealkylation sites (tertiary alicyclic amines) is 1. The van der Waals surface area contributed by atoms with Gasteiger partial charge in [-0.05, 0) is 59.4 Å². The Labute approximate surface area is 209 Å². The second-order valence-electron chi connectivity index (χ2n) is 9.88. The van der Waals surface area contributed by atoms with Crippen molar-refractivity contribution < 1.29 is 14.6 Å². The molecule has 1 amide bonds. The third-order valence-electron chi connectivity index (χ3n) is 6.84. The number of aliphatic hydroxyl groups is 1. The lowest BCUT2D eigenvalue weighted by Crippen LogP contribution is -2.53. The predicted molar refractivity (Wildman–Crippen MR) is 141 cm³/mol. The maximum absolute atomic E-state index is 12.5. The van der Waals surface area contributed by atoms with E-state index in [-0.39, 0.29) is 24.7 Å². The Bertz CT molecular complexity index is 1100. The summed E-state index contributed by atoms with van der Waals surface area (Å²) in [5.41, 5.74) is 5.46. The smallest absolute Gasteiger partial charge is 0.253 e. The lowest BCUT2D eigenvalue weighted by molar-refractivity contribution is 0.0146. The lowest BCUT2D eigenvalue weighted by Gasteiger charge is -2.39. The zero-order valence-corrected chi connectivity index (χ0v) is 21.1. The summed E-state index contributed by atoms with van der Waals surface area (Å²) in [7, 11) is 1.71. The van der Waals surface area contributed by atoms with Crippen molar-refractivity contribution in [3.63, 3.8) is 0 Å². The minimum absolute atomic E-state index is 0.0557. The molecule has 1 fully saturated rings. The second-order valence-corrected chi connectivity index (χ2v) is 9.88. The molecule has 1 unspecified atom stereocenters. The van der Waals surface area contributed by atoms with E-state index in [2.05, 4.69) is 55.1 Å².